The fraction of sp³-hybridized carbons (Fsp3) is 0.375. The van der Waals surface area contributed by atoms with E-state index in [1.807, 2.05) is 13.8 Å². The maximum Gasteiger partial charge on any atom is 0.335 e. The van der Waals surface area contributed by atoms with Crippen molar-refractivity contribution >= 4 is 17.3 Å². The number of aromatic nitrogens is 1. The number of aromatic carboxylic acids is 1. The summed E-state index contributed by atoms with van der Waals surface area (Å²) in [5.74, 6) is -0.918. The lowest BCUT2D eigenvalue weighted by atomic mass is 10.0. The summed E-state index contributed by atoms with van der Waals surface area (Å²) >= 11 is 1.62. The molecule has 0 saturated heterocycles. The van der Waals surface area contributed by atoms with Crippen LogP contribution in [-0.4, -0.2) is 16.1 Å². The van der Waals surface area contributed by atoms with Crippen molar-refractivity contribution in [1.29, 1.82) is 0 Å². The summed E-state index contributed by atoms with van der Waals surface area (Å²) in [4.78, 5) is 16.8. The first-order chi connectivity index (χ1) is 9.71. The van der Waals surface area contributed by atoms with Crippen LogP contribution in [0.25, 0.3) is 10.6 Å². The Labute approximate surface area is 127 Å². The third kappa shape index (κ3) is 2.26. The molecule has 0 fully saturated rings. The van der Waals surface area contributed by atoms with Crippen LogP contribution in [0.3, 0.4) is 0 Å². The molecule has 1 aromatic heterocycles. The van der Waals surface area contributed by atoms with Crippen LogP contribution in [0.5, 0.6) is 0 Å². The predicted molar refractivity (Wildman–Crippen MR) is 81.6 cm³/mol. The standard InChI is InChI=1S/C16H17NO3S/c1-15(2)11-12(16(3,4)20-15)21-13(17-11)9-5-7-10(8-6-9)14(18)19/h5-8H,1-4H3,(H,18,19). The van der Waals surface area contributed by atoms with E-state index in [-0.39, 0.29) is 11.2 Å². The van der Waals surface area contributed by atoms with Gasteiger partial charge >= 0.3 is 5.97 Å². The fourth-order valence-corrected chi connectivity index (χ4v) is 4.01. The molecule has 2 aromatic rings. The van der Waals surface area contributed by atoms with Crippen LogP contribution in [0.1, 0.15) is 48.6 Å². The smallest absolute Gasteiger partial charge is 0.335 e. The van der Waals surface area contributed by atoms with Gasteiger partial charge in [0.1, 0.15) is 10.6 Å². The van der Waals surface area contributed by atoms with E-state index in [1.165, 1.54) is 0 Å². The van der Waals surface area contributed by atoms with Gasteiger partial charge in [0, 0.05) is 5.56 Å². The number of hydrogen-bond acceptors (Lipinski definition) is 4. The molecule has 0 spiro atoms. The molecule has 0 amide bonds. The van der Waals surface area contributed by atoms with Crippen LogP contribution in [-0.2, 0) is 15.9 Å². The molecule has 0 radical (unpaired) electrons. The molecular weight excluding hydrogens is 286 g/mol. The lowest BCUT2D eigenvalue weighted by molar-refractivity contribution is -0.105. The molecule has 1 N–H and O–H groups in total. The molecule has 1 aromatic carbocycles. The summed E-state index contributed by atoms with van der Waals surface area (Å²) in [7, 11) is 0. The first kappa shape index (κ1) is 14.2. The maximum atomic E-state index is 10.9. The second-order valence-corrected chi connectivity index (χ2v) is 7.20. The SMILES string of the molecule is CC1(C)OC(C)(C)c2sc(-c3ccc(C(=O)O)cc3)nc21. The Bertz CT molecular complexity index is 682. The lowest BCUT2D eigenvalue weighted by Crippen LogP contribution is -2.23. The van der Waals surface area contributed by atoms with Gasteiger partial charge in [-0.3, -0.25) is 0 Å². The van der Waals surface area contributed by atoms with Crippen molar-refractivity contribution in [3.05, 3.63) is 40.4 Å². The molecule has 2 heterocycles. The third-order valence-corrected chi connectivity index (χ3v) is 5.04. The number of carbonyl (C=O) groups is 1. The van der Waals surface area contributed by atoms with Gasteiger partial charge in [-0.2, -0.15) is 0 Å². The van der Waals surface area contributed by atoms with E-state index >= 15 is 0 Å². The Kier molecular flexibility index (Phi) is 2.97. The Morgan fingerprint density at radius 1 is 1.14 bits per heavy atom. The average molecular weight is 303 g/mol. The summed E-state index contributed by atoms with van der Waals surface area (Å²) in [6.07, 6.45) is 0. The minimum Gasteiger partial charge on any atom is -0.478 e. The molecule has 0 saturated carbocycles. The number of fused-ring (bicyclic) bond motifs is 1. The minimum atomic E-state index is -0.918. The van der Waals surface area contributed by atoms with Gasteiger partial charge in [0.25, 0.3) is 0 Å². The molecule has 1 aliphatic heterocycles. The number of thiazole rings is 1. The number of carboxylic acids is 1. The molecule has 0 unspecified atom stereocenters. The van der Waals surface area contributed by atoms with Crippen molar-refractivity contribution in [2.45, 2.75) is 38.9 Å². The van der Waals surface area contributed by atoms with Crippen molar-refractivity contribution in [2.24, 2.45) is 0 Å². The maximum absolute atomic E-state index is 10.9. The van der Waals surface area contributed by atoms with Gasteiger partial charge in [-0.25, -0.2) is 9.78 Å². The molecule has 3 rings (SSSR count). The number of carboxylic acid groups (broad SMARTS) is 1. The molecule has 21 heavy (non-hydrogen) atoms. The van der Waals surface area contributed by atoms with Crippen LogP contribution in [0.2, 0.25) is 0 Å². The Morgan fingerprint density at radius 2 is 1.76 bits per heavy atom. The first-order valence-corrected chi connectivity index (χ1v) is 7.58. The summed E-state index contributed by atoms with van der Waals surface area (Å²) in [6.45, 7) is 8.15. The molecule has 4 nitrogen and oxygen atoms in total. The average Bonchev–Trinajstić information content (AvgIpc) is 2.90. The zero-order valence-corrected chi connectivity index (χ0v) is 13.2. The van der Waals surface area contributed by atoms with Gasteiger partial charge in [-0.05, 0) is 39.8 Å². The highest BCUT2D eigenvalue weighted by atomic mass is 32.1. The number of ether oxygens (including phenoxy) is 1. The van der Waals surface area contributed by atoms with Gasteiger partial charge < -0.3 is 9.84 Å². The highest BCUT2D eigenvalue weighted by molar-refractivity contribution is 7.15. The summed E-state index contributed by atoms with van der Waals surface area (Å²) in [6, 6.07) is 6.82. The van der Waals surface area contributed by atoms with E-state index < -0.39 is 11.6 Å². The van der Waals surface area contributed by atoms with Crippen molar-refractivity contribution in [1.82, 2.24) is 4.98 Å². The van der Waals surface area contributed by atoms with E-state index in [4.69, 9.17) is 14.8 Å². The number of nitrogens with zero attached hydrogens (tertiary/aromatic N) is 1. The van der Waals surface area contributed by atoms with Crippen molar-refractivity contribution in [3.63, 3.8) is 0 Å². The molecule has 110 valence electrons. The first-order valence-electron chi connectivity index (χ1n) is 6.76. The van der Waals surface area contributed by atoms with E-state index in [0.29, 0.717) is 0 Å². The monoisotopic (exact) mass is 303 g/mol. The van der Waals surface area contributed by atoms with Crippen LogP contribution in [0.15, 0.2) is 24.3 Å². The van der Waals surface area contributed by atoms with E-state index in [1.54, 1.807) is 35.6 Å². The second-order valence-electron chi connectivity index (χ2n) is 6.20. The molecular formula is C16H17NO3S. The minimum absolute atomic E-state index is 0.284. The van der Waals surface area contributed by atoms with Gasteiger partial charge in [0.2, 0.25) is 0 Å². The van der Waals surface area contributed by atoms with Crippen molar-refractivity contribution < 1.29 is 14.6 Å². The van der Waals surface area contributed by atoms with Crippen molar-refractivity contribution in [3.8, 4) is 10.6 Å². The zero-order chi connectivity index (χ0) is 15.4. The van der Waals surface area contributed by atoms with Crippen LogP contribution < -0.4 is 0 Å². The predicted octanol–water partition coefficient (Wildman–Crippen LogP) is 4.01. The van der Waals surface area contributed by atoms with Gasteiger partial charge in [-0.1, -0.05) is 12.1 Å². The quantitative estimate of drug-likeness (QED) is 0.910. The summed E-state index contributed by atoms with van der Waals surface area (Å²) in [5.41, 5.74) is 1.47. The van der Waals surface area contributed by atoms with E-state index in [0.717, 1.165) is 21.1 Å². The molecule has 0 bridgehead atoms. The highest BCUT2D eigenvalue weighted by Gasteiger charge is 2.46. The number of rotatable bonds is 2. The summed E-state index contributed by atoms with van der Waals surface area (Å²) in [5, 5.41) is 9.85. The Balaban J connectivity index is 2.04. The van der Waals surface area contributed by atoms with Gasteiger partial charge in [0.15, 0.2) is 0 Å². The fourth-order valence-electron chi connectivity index (χ4n) is 2.75. The number of hydrogen-bond donors (Lipinski definition) is 1. The van der Waals surface area contributed by atoms with E-state index in [9.17, 15) is 4.79 Å². The molecule has 0 atom stereocenters. The Morgan fingerprint density at radius 3 is 2.29 bits per heavy atom. The van der Waals surface area contributed by atoms with Crippen LogP contribution in [0, 0.1) is 0 Å². The number of benzene rings is 1. The largest absolute Gasteiger partial charge is 0.478 e. The van der Waals surface area contributed by atoms with Gasteiger partial charge in [0.05, 0.1) is 21.7 Å². The highest BCUT2D eigenvalue weighted by Crippen LogP contribution is 2.50. The van der Waals surface area contributed by atoms with E-state index in [2.05, 4.69) is 13.8 Å². The third-order valence-electron chi connectivity index (χ3n) is 3.63. The topological polar surface area (TPSA) is 59.4 Å². The normalized spacial score (nSPS) is 18.5. The molecule has 0 aliphatic carbocycles. The van der Waals surface area contributed by atoms with Crippen LogP contribution in [0.4, 0.5) is 0 Å². The molecule has 5 heteroatoms. The van der Waals surface area contributed by atoms with Crippen LogP contribution >= 0.6 is 11.3 Å². The Hall–Kier alpha value is -1.72. The second kappa shape index (κ2) is 4.39. The van der Waals surface area contributed by atoms with Crippen molar-refractivity contribution in [2.75, 3.05) is 0 Å². The lowest BCUT2D eigenvalue weighted by Gasteiger charge is -2.24. The zero-order valence-electron chi connectivity index (χ0n) is 12.4. The molecule has 1 aliphatic rings. The summed E-state index contributed by atoms with van der Waals surface area (Å²) < 4.78 is 6.06. The van der Waals surface area contributed by atoms with Gasteiger partial charge in [-0.15, -0.1) is 11.3 Å².